The molecule has 178 valence electrons. The second-order valence-electron chi connectivity index (χ2n) is 8.97. The molecular weight excluding hydrogens is 446 g/mol. The van der Waals surface area contributed by atoms with Crippen LogP contribution < -0.4 is 10.2 Å². The van der Waals surface area contributed by atoms with Gasteiger partial charge in [0.1, 0.15) is 0 Å². The van der Waals surface area contributed by atoms with E-state index in [-0.39, 0.29) is 17.2 Å². The minimum absolute atomic E-state index is 0.0260. The highest BCUT2D eigenvalue weighted by atomic mass is 32.2. The molecule has 2 atom stereocenters. The highest BCUT2D eigenvalue weighted by molar-refractivity contribution is 8.00. The summed E-state index contributed by atoms with van der Waals surface area (Å²) in [5, 5.41) is 12.7. The summed E-state index contributed by atoms with van der Waals surface area (Å²) in [7, 11) is 0. The monoisotopic (exact) mass is 477 g/mol. The molecule has 2 unspecified atom stereocenters. The molecule has 5 rings (SSSR count). The quantitative estimate of drug-likeness (QED) is 0.539. The van der Waals surface area contributed by atoms with Gasteiger partial charge >= 0.3 is 0 Å². The van der Waals surface area contributed by atoms with Gasteiger partial charge in [-0.25, -0.2) is 0 Å². The third-order valence-electron chi connectivity index (χ3n) is 6.54. The van der Waals surface area contributed by atoms with Crippen LogP contribution in [0.15, 0.2) is 53.7 Å². The predicted octanol–water partition coefficient (Wildman–Crippen LogP) is 4.09. The summed E-state index contributed by atoms with van der Waals surface area (Å²) in [5.41, 5.74) is 4.78. The van der Waals surface area contributed by atoms with Crippen molar-refractivity contribution in [3.05, 3.63) is 65.2 Å². The number of benzene rings is 2. The third kappa shape index (κ3) is 4.83. The van der Waals surface area contributed by atoms with Crippen LogP contribution in [0.2, 0.25) is 0 Å². The van der Waals surface area contributed by atoms with Crippen LogP contribution in [0.3, 0.4) is 0 Å². The van der Waals surface area contributed by atoms with Crippen molar-refractivity contribution in [1.29, 1.82) is 0 Å². The molecule has 0 bridgehead atoms. The first-order chi connectivity index (χ1) is 16.6. The van der Waals surface area contributed by atoms with Crippen LogP contribution in [0.25, 0.3) is 5.69 Å². The van der Waals surface area contributed by atoms with Crippen LogP contribution >= 0.6 is 11.8 Å². The number of nitrogens with zero attached hydrogens (tertiary/aromatic N) is 4. The fourth-order valence-electron chi connectivity index (χ4n) is 4.63. The topological polar surface area (TPSA) is 72.3 Å². The van der Waals surface area contributed by atoms with Gasteiger partial charge in [-0.15, -0.1) is 10.2 Å². The summed E-state index contributed by atoms with van der Waals surface area (Å²) < 4.78 is 7.59. The smallest absolute Gasteiger partial charge is 0.233 e. The van der Waals surface area contributed by atoms with Gasteiger partial charge in [0.15, 0.2) is 5.16 Å². The first kappa shape index (κ1) is 22.9. The average molecular weight is 478 g/mol. The zero-order valence-corrected chi connectivity index (χ0v) is 20.6. The Kier molecular flexibility index (Phi) is 6.87. The maximum Gasteiger partial charge on any atom is 0.233 e. The summed E-state index contributed by atoms with van der Waals surface area (Å²) in [6, 6.07) is 16.8. The van der Waals surface area contributed by atoms with E-state index >= 15 is 0 Å². The van der Waals surface area contributed by atoms with E-state index in [1.807, 2.05) is 6.92 Å². The Labute approximate surface area is 204 Å². The SMILES string of the molecule is Cc1ccc(-n2c(SC(C)C(=O)NC3CCCc4ccccc43)nnc2N2CCOCC2)cc1. The summed E-state index contributed by atoms with van der Waals surface area (Å²) in [6.45, 7) is 6.90. The van der Waals surface area contributed by atoms with Crippen molar-refractivity contribution in [2.75, 3.05) is 31.2 Å². The minimum atomic E-state index is -0.306. The van der Waals surface area contributed by atoms with Gasteiger partial charge in [-0.3, -0.25) is 9.36 Å². The average Bonchev–Trinajstić information content (AvgIpc) is 3.28. The fraction of sp³-hybridized carbons (Fsp3) is 0.423. The van der Waals surface area contributed by atoms with Crippen molar-refractivity contribution in [2.24, 2.45) is 0 Å². The molecule has 1 saturated heterocycles. The lowest BCUT2D eigenvalue weighted by Crippen LogP contribution is -2.38. The van der Waals surface area contributed by atoms with E-state index in [1.165, 1.54) is 28.5 Å². The molecule has 8 heteroatoms. The van der Waals surface area contributed by atoms with E-state index in [9.17, 15) is 4.79 Å². The number of anilines is 1. The lowest BCUT2D eigenvalue weighted by molar-refractivity contribution is -0.121. The molecule has 0 spiro atoms. The van der Waals surface area contributed by atoms with Gasteiger partial charge in [0, 0.05) is 13.1 Å². The van der Waals surface area contributed by atoms with E-state index in [1.54, 1.807) is 0 Å². The number of thioether (sulfide) groups is 1. The number of fused-ring (bicyclic) bond motifs is 1. The van der Waals surface area contributed by atoms with Gasteiger partial charge in [0.05, 0.1) is 30.2 Å². The molecule has 2 aromatic carbocycles. The number of hydrogen-bond acceptors (Lipinski definition) is 6. The van der Waals surface area contributed by atoms with Gasteiger partial charge in [0.25, 0.3) is 0 Å². The van der Waals surface area contributed by atoms with Crippen LogP contribution in [-0.4, -0.2) is 52.2 Å². The number of nitrogens with one attached hydrogen (secondary N) is 1. The van der Waals surface area contributed by atoms with E-state index in [4.69, 9.17) is 4.74 Å². The van der Waals surface area contributed by atoms with Crippen LogP contribution in [0, 0.1) is 6.92 Å². The molecule has 1 aromatic heterocycles. The minimum Gasteiger partial charge on any atom is -0.378 e. The third-order valence-corrected chi connectivity index (χ3v) is 7.58. The van der Waals surface area contributed by atoms with Gasteiger partial charge in [-0.2, -0.15) is 0 Å². The van der Waals surface area contributed by atoms with Crippen LogP contribution in [0.4, 0.5) is 5.95 Å². The number of morpholine rings is 1. The van der Waals surface area contributed by atoms with E-state index in [0.29, 0.717) is 13.2 Å². The Hall–Kier alpha value is -2.84. The second-order valence-corrected chi connectivity index (χ2v) is 10.3. The van der Waals surface area contributed by atoms with Crippen molar-refractivity contribution in [2.45, 2.75) is 49.6 Å². The lowest BCUT2D eigenvalue weighted by atomic mass is 9.88. The number of aryl methyl sites for hydroxylation is 2. The van der Waals surface area contributed by atoms with E-state index in [0.717, 1.165) is 49.1 Å². The van der Waals surface area contributed by atoms with Gasteiger partial charge < -0.3 is 15.0 Å². The molecular formula is C26H31N5O2S. The van der Waals surface area contributed by atoms with Crippen molar-refractivity contribution in [3.63, 3.8) is 0 Å². The van der Waals surface area contributed by atoms with Gasteiger partial charge in [-0.1, -0.05) is 53.7 Å². The highest BCUT2D eigenvalue weighted by Gasteiger charge is 2.27. The van der Waals surface area contributed by atoms with Crippen LogP contribution in [0.1, 0.15) is 42.5 Å². The molecule has 34 heavy (non-hydrogen) atoms. The summed E-state index contributed by atoms with van der Waals surface area (Å²) in [4.78, 5) is 15.4. The molecule has 1 N–H and O–H groups in total. The first-order valence-corrected chi connectivity index (χ1v) is 12.9. The van der Waals surface area contributed by atoms with Gasteiger partial charge in [-0.05, 0) is 56.4 Å². The first-order valence-electron chi connectivity index (χ1n) is 12.0. The van der Waals surface area contributed by atoms with Crippen molar-refractivity contribution >= 4 is 23.6 Å². The number of hydrogen-bond donors (Lipinski definition) is 1. The van der Waals surface area contributed by atoms with Crippen molar-refractivity contribution in [3.8, 4) is 5.69 Å². The Bertz CT molecular complexity index is 1140. The molecule has 2 heterocycles. The molecule has 0 saturated carbocycles. The molecule has 0 radical (unpaired) electrons. The largest absolute Gasteiger partial charge is 0.378 e. The molecule has 1 aliphatic heterocycles. The Morgan fingerprint density at radius 3 is 2.68 bits per heavy atom. The molecule has 3 aromatic rings. The van der Waals surface area contributed by atoms with Crippen molar-refractivity contribution < 1.29 is 9.53 Å². The standard InChI is InChI=1S/C26H31N5O2S/c1-18-10-12-21(13-11-18)31-25(30-14-16-33-17-15-30)28-29-26(31)34-19(2)24(32)27-23-9-5-7-20-6-3-4-8-22(20)23/h3-4,6,8,10-13,19,23H,5,7,9,14-17H2,1-2H3,(H,27,32). The molecule has 2 aliphatic rings. The Morgan fingerprint density at radius 2 is 1.88 bits per heavy atom. The lowest BCUT2D eigenvalue weighted by Gasteiger charge is -2.28. The summed E-state index contributed by atoms with van der Waals surface area (Å²) in [6.07, 6.45) is 3.14. The normalized spacial score (nSPS) is 18.9. The number of rotatable bonds is 6. The maximum atomic E-state index is 13.2. The highest BCUT2D eigenvalue weighted by Crippen LogP contribution is 2.32. The summed E-state index contributed by atoms with van der Waals surface area (Å²) >= 11 is 1.45. The van der Waals surface area contributed by atoms with Gasteiger partial charge in [0.2, 0.25) is 11.9 Å². The molecule has 1 amide bonds. The number of carbonyl (C=O) groups excluding carboxylic acids is 1. The van der Waals surface area contributed by atoms with Crippen molar-refractivity contribution in [1.82, 2.24) is 20.1 Å². The molecule has 1 fully saturated rings. The van der Waals surface area contributed by atoms with E-state index < -0.39 is 0 Å². The van der Waals surface area contributed by atoms with Crippen LogP contribution in [0.5, 0.6) is 0 Å². The number of ether oxygens (including phenoxy) is 1. The second kappa shape index (κ2) is 10.2. The molecule has 7 nitrogen and oxygen atoms in total. The zero-order chi connectivity index (χ0) is 23.5. The number of amides is 1. The maximum absolute atomic E-state index is 13.2. The summed E-state index contributed by atoms with van der Waals surface area (Å²) in [5.74, 6) is 0.821. The number of aromatic nitrogens is 3. The van der Waals surface area contributed by atoms with E-state index in [2.05, 4.69) is 80.4 Å². The Morgan fingerprint density at radius 1 is 1.12 bits per heavy atom. The molecule has 1 aliphatic carbocycles. The zero-order valence-electron chi connectivity index (χ0n) is 19.7. The predicted molar refractivity (Wildman–Crippen MR) is 135 cm³/mol. The Balaban J connectivity index is 1.37. The fourth-order valence-corrected chi connectivity index (χ4v) is 5.50. The number of carbonyl (C=O) groups is 1. The van der Waals surface area contributed by atoms with Crippen LogP contribution in [-0.2, 0) is 16.0 Å².